The zero-order chi connectivity index (χ0) is 23.8. The van der Waals surface area contributed by atoms with Crippen molar-refractivity contribution in [1.29, 1.82) is 0 Å². The van der Waals surface area contributed by atoms with Crippen molar-refractivity contribution < 1.29 is 4.79 Å². The predicted molar refractivity (Wildman–Crippen MR) is 143 cm³/mol. The molecule has 0 aliphatic heterocycles. The lowest BCUT2D eigenvalue weighted by atomic mass is 10.0. The Hall–Kier alpha value is -4.49. The van der Waals surface area contributed by atoms with Gasteiger partial charge in [0.25, 0.3) is 5.91 Å². The van der Waals surface area contributed by atoms with Crippen LogP contribution in [0.3, 0.4) is 0 Å². The van der Waals surface area contributed by atoms with Crippen LogP contribution < -0.4 is 11.1 Å². The second-order valence-corrected chi connectivity index (χ2v) is 9.44. The van der Waals surface area contributed by atoms with Crippen LogP contribution in [0.4, 0.5) is 11.4 Å². The lowest BCUT2D eigenvalue weighted by molar-refractivity contribution is 0.103. The van der Waals surface area contributed by atoms with Gasteiger partial charge < -0.3 is 11.1 Å². The largest absolute Gasteiger partial charge is 0.397 e. The first-order valence-corrected chi connectivity index (χ1v) is 12.0. The van der Waals surface area contributed by atoms with Gasteiger partial charge in [0, 0.05) is 10.3 Å². The maximum Gasteiger partial charge on any atom is 0.265 e. The van der Waals surface area contributed by atoms with Crippen LogP contribution in [0, 0.1) is 0 Å². The number of nitrogen functional groups attached to an aromatic ring is 1. The van der Waals surface area contributed by atoms with Crippen LogP contribution in [0.25, 0.3) is 32.1 Å². The van der Waals surface area contributed by atoms with E-state index >= 15 is 0 Å². The first-order valence-electron chi connectivity index (χ1n) is 11.2. The Balaban J connectivity index is 1.23. The Bertz CT molecular complexity index is 1700. The van der Waals surface area contributed by atoms with Gasteiger partial charge in [0.2, 0.25) is 0 Å². The molecule has 0 spiro atoms. The summed E-state index contributed by atoms with van der Waals surface area (Å²) in [6, 6.07) is 29.9. The molecule has 7 heteroatoms. The number of nitrogens with zero attached hydrogens (tertiary/aromatic N) is 3. The molecule has 0 radical (unpaired) electrons. The topological polar surface area (TPSA) is 85.8 Å². The third-order valence-electron chi connectivity index (χ3n) is 5.97. The molecular formula is C28H21N5OS. The molecule has 6 rings (SSSR count). The summed E-state index contributed by atoms with van der Waals surface area (Å²) in [5.74, 6) is -0.165. The fraction of sp³-hybridized carbons (Fsp3) is 0.0357. The number of para-hydroxylation sites is 2. The second-order valence-electron chi connectivity index (χ2n) is 8.35. The highest BCUT2D eigenvalue weighted by atomic mass is 32.1. The molecule has 3 N–H and O–H groups in total. The van der Waals surface area contributed by atoms with E-state index in [-0.39, 0.29) is 5.91 Å². The van der Waals surface area contributed by atoms with Gasteiger partial charge in [0.05, 0.1) is 29.0 Å². The zero-order valence-electron chi connectivity index (χ0n) is 18.7. The maximum absolute atomic E-state index is 12.8. The smallest absolute Gasteiger partial charge is 0.265 e. The maximum atomic E-state index is 12.8. The monoisotopic (exact) mass is 475 g/mol. The van der Waals surface area contributed by atoms with E-state index < -0.39 is 0 Å². The molecule has 0 fully saturated rings. The molecule has 170 valence electrons. The summed E-state index contributed by atoms with van der Waals surface area (Å²) in [7, 11) is 0. The van der Waals surface area contributed by atoms with Gasteiger partial charge in [-0.25, -0.2) is 4.68 Å². The van der Waals surface area contributed by atoms with Crippen LogP contribution in [0.15, 0.2) is 97.2 Å². The molecule has 6 nitrogen and oxygen atoms in total. The van der Waals surface area contributed by atoms with E-state index in [1.165, 1.54) is 16.7 Å². The average molecular weight is 476 g/mol. The SMILES string of the molecule is Nc1ccccc1NC(=O)c1cc2ccc(Cn3cc(-c4cccc5ccccc45)nn3)cc2s1. The number of rotatable bonds is 5. The first-order chi connectivity index (χ1) is 17.1. The number of hydrogen-bond acceptors (Lipinski definition) is 5. The third kappa shape index (κ3) is 4.13. The van der Waals surface area contributed by atoms with Gasteiger partial charge in [-0.3, -0.25) is 4.79 Å². The standard InChI is InChI=1S/C28H21N5OS/c29-23-10-3-4-11-24(23)30-28(34)27-15-20-13-12-18(14-26(20)35-27)16-33-17-25(31-32-33)22-9-5-7-19-6-1-2-8-21(19)22/h1-15,17H,16,29H2,(H,30,34). The number of thiophene rings is 1. The Morgan fingerprint density at radius 3 is 2.66 bits per heavy atom. The van der Waals surface area contributed by atoms with Gasteiger partial charge in [-0.05, 0) is 46.0 Å². The van der Waals surface area contributed by atoms with Crippen molar-refractivity contribution in [2.45, 2.75) is 6.54 Å². The fourth-order valence-electron chi connectivity index (χ4n) is 4.22. The van der Waals surface area contributed by atoms with Crippen LogP contribution in [-0.4, -0.2) is 20.9 Å². The van der Waals surface area contributed by atoms with E-state index in [2.05, 4.69) is 52.0 Å². The van der Waals surface area contributed by atoms with E-state index in [0.29, 0.717) is 22.8 Å². The fourth-order valence-corrected chi connectivity index (χ4v) is 5.24. The molecule has 1 amide bonds. The molecule has 2 heterocycles. The number of aromatic nitrogens is 3. The van der Waals surface area contributed by atoms with Gasteiger partial charge >= 0.3 is 0 Å². The number of anilines is 2. The van der Waals surface area contributed by atoms with E-state index in [9.17, 15) is 4.79 Å². The van der Waals surface area contributed by atoms with Crippen LogP contribution in [0.5, 0.6) is 0 Å². The molecule has 0 aliphatic rings. The number of carbonyl (C=O) groups is 1. The van der Waals surface area contributed by atoms with Crippen molar-refractivity contribution in [2.24, 2.45) is 0 Å². The van der Waals surface area contributed by atoms with Crippen molar-refractivity contribution in [3.63, 3.8) is 0 Å². The van der Waals surface area contributed by atoms with Crippen molar-refractivity contribution in [2.75, 3.05) is 11.1 Å². The molecular weight excluding hydrogens is 454 g/mol. The van der Waals surface area contributed by atoms with Crippen molar-refractivity contribution in [3.8, 4) is 11.3 Å². The Kier molecular flexibility index (Phi) is 5.24. The van der Waals surface area contributed by atoms with E-state index in [1.54, 1.807) is 12.1 Å². The number of nitrogens with two attached hydrogens (primary N) is 1. The van der Waals surface area contributed by atoms with Gasteiger partial charge in [0.1, 0.15) is 5.69 Å². The molecule has 0 atom stereocenters. The molecule has 2 aromatic heterocycles. The highest BCUT2D eigenvalue weighted by molar-refractivity contribution is 7.20. The number of benzene rings is 4. The third-order valence-corrected chi connectivity index (χ3v) is 7.06. The highest BCUT2D eigenvalue weighted by Gasteiger charge is 2.13. The predicted octanol–water partition coefficient (Wildman–Crippen LogP) is 6.20. The van der Waals surface area contributed by atoms with E-state index in [4.69, 9.17) is 5.73 Å². The zero-order valence-corrected chi connectivity index (χ0v) is 19.5. The van der Waals surface area contributed by atoms with Crippen molar-refractivity contribution in [1.82, 2.24) is 15.0 Å². The number of amides is 1. The van der Waals surface area contributed by atoms with Crippen LogP contribution in [0.2, 0.25) is 0 Å². The summed E-state index contributed by atoms with van der Waals surface area (Å²) in [5.41, 5.74) is 10.1. The summed E-state index contributed by atoms with van der Waals surface area (Å²) in [6.45, 7) is 0.591. The molecule has 0 bridgehead atoms. The van der Waals surface area contributed by atoms with Crippen LogP contribution in [0.1, 0.15) is 15.2 Å². The van der Waals surface area contributed by atoms with Gasteiger partial charge in [-0.1, -0.05) is 71.9 Å². The molecule has 6 aromatic rings. The molecule has 0 saturated heterocycles. The van der Waals surface area contributed by atoms with Gasteiger partial charge in [0.15, 0.2) is 0 Å². The minimum absolute atomic E-state index is 0.165. The summed E-state index contributed by atoms with van der Waals surface area (Å²) >= 11 is 1.46. The van der Waals surface area contributed by atoms with E-state index in [0.717, 1.165) is 32.3 Å². The average Bonchev–Trinajstić information content (AvgIpc) is 3.52. The quantitative estimate of drug-likeness (QED) is 0.291. The Morgan fingerprint density at radius 2 is 1.74 bits per heavy atom. The van der Waals surface area contributed by atoms with Crippen molar-refractivity contribution >= 4 is 49.5 Å². The molecule has 0 unspecified atom stereocenters. The number of nitrogens with one attached hydrogen (secondary N) is 1. The van der Waals surface area contributed by atoms with Gasteiger partial charge in [-0.15, -0.1) is 16.4 Å². The minimum Gasteiger partial charge on any atom is -0.397 e. The first kappa shape index (κ1) is 21.1. The summed E-state index contributed by atoms with van der Waals surface area (Å²) < 4.78 is 2.89. The van der Waals surface area contributed by atoms with Gasteiger partial charge in [-0.2, -0.15) is 0 Å². The summed E-state index contributed by atoms with van der Waals surface area (Å²) in [5, 5.41) is 15.0. The summed E-state index contributed by atoms with van der Waals surface area (Å²) in [6.07, 6.45) is 1.98. The lowest BCUT2D eigenvalue weighted by Gasteiger charge is -2.05. The Morgan fingerprint density at radius 1 is 0.914 bits per heavy atom. The van der Waals surface area contributed by atoms with Crippen molar-refractivity contribution in [3.05, 3.63) is 108 Å². The number of carbonyl (C=O) groups excluding carboxylic acids is 1. The van der Waals surface area contributed by atoms with Crippen LogP contribution >= 0.6 is 11.3 Å². The minimum atomic E-state index is -0.165. The summed E-state index contributed by atoms with van der Waals surface area (Å²) in [4.78, 5) is 13.4. The molecule has 0 aliphatic carbocycles. The van der Waals surface area contributed by atoms with E-state index in [1.807, 2.05) is 53.3 Å². The second kappa shape index (κ2) is 8.70. The molecule has 0 saturated carbocycles. The normalized spacial score (nSPS) is 11.2. The van der Waals surface area contributed by atoms with Crippen LogP contribution in [-0.2, 0) is 6.54 Å². The highest BCUT2D eigenvalue weighted by Crippen LogP contribution is 2.29. The molecule has 4 aromatic carbocycles. The molecule has 35 heavy (non-hydrogen) atoms. The number of hydrogen-bond donors (Lipinski definition) is 2. The lowest BCUT2D eigenvalue weighted by Crippen LogP contribution is -2.11. The number of fused-ring (bicyclic) bond motifs is 2. The Labute approximate surface area is 205 Å².